The highest BCUT2D eigenvalue weighted by Crippen LogP contribution is 2.35. The van der Waals surface area contributed by atoms with E-state index in [-0.39, 0.29) is 0 Å². The van der Waals surface area contributed by atoms with Gasteiger partial charge in [-0.05, 0) is 36.3 Å². The zero-order chi connectivity index (χ0) is 19.7. The highest BCUT2D eigenvalue weighted by atomic mass is 28.5. The third-order valence-electron chi connectivity index (χ3n) is 4.16. The molecule has 0 atom stereocenters. The second-order valence-electron chi connectivity index (χ2n) is 6.25. The Morgan fingerprint density at radius 3 is 1.12 bits per heavy atom. The van der Waals surface area contributed by atoms with Crippen LogP contribution >= 0.6 is 0 Å². The van der Waals surface area contributed by atoms with Crippen LogP contribution in [0, 0.1) is 0 Å². The summed E-state index contributed by atoms with van der Waals surface area (Å²) in [5.41, 5.74) is 0. The molecule has 2 nitrogen and oxygen atoms in total. The van der Waals surface area contributed by atoms with Crippen molar-refractivity contribution in [3.63, 3.8) is 0 Å². The second-order valence-corrected chi connectivity index (χ2v) is 16.7. The molecule has 0 aromatic rings. The minimum atomic E-state index is -4.42. The van der Waals surface area contributed by atoms with E-state index >= 15 is 0 Å². The SMILES string of the molecule is CC[SiH](CC)O[Si](CCC(F)(F)F)(CCC(F)(F)F)O[SiH](CC)CC. The van der Waals surface area contributed by atoms with Crippen molar-refractivity contribution >= 4 is 26.6 Å². The minimum absolute atomic E-state index is 0.431. The van der Waals surface area contributed by atoms with Crippen LogP contribution in [0.2, 0.25) is 36.3 Å². The van der Waals surface area contributed by atoms with Crippen LogP contribution in [0.3, 0.4) is 0 Å². The first kappa shape index (κ1) is 25.2. The van der Waals surface area contributed by atoms with Gasteiger partial charge in [0.1, 0.15) is 0 Å². The van der Waals surface area contributed by atoms with Crippen molar-refractivity contribution in [1.82, 2.24) is 0 Å². The van der Waals surface area contributed by atoms with E-state index < -0.39 is 63.9 Å². The molecule has 0 radical (unpaired) electrons. The molecule has 0 aliphatic carbocycles. The van der Waals surface area contributed by atoms with E-state index in [9.17, 15) is 26.3 Å². The minimum Gasteiger partial charge on any atom is -0.439 e. The zero-order valence-corrected chi connectivity index (χ0v) is 18.7. The quantitative estimate of drug-likeness (QED) is 0.285. The fraction of sp³-hybridized carbons (Fsp3) is 1.00. The lowest BCUT2D eigenvalue weighted by atomic mass is 10.5. The summed E-state index contributed by atoms with van der Waals surface area (Å²) in [5.74, 6) is 0. The van der Waals surface area contributed by atoms with E-state index in [1.54, 1.807) is 0 Å². The van der Waals surface area contributed by atoms with Crippen molar-refractivity contribution in [3.05, 3.63) is 0 Å². The van der Waals surface area contributed by atoms with Crippen LogP contribution in [0.25, 0.3) is 0 Å². The predicted molar refractivity (Wildman–Crippen MR) is 95.1 cm³/mol. The molecule has 0 aliphatic rings. The molecule has 11 heteroatoms. The third-order valence-corrected chi connectivity index (χ3v) is 15.9. The number of rotatable bonds is 12. The van der Waals surface area contributed by atoms with Crippen molar-refractivity contribution in [1.29, 1.82) is 0 Å². The molecule has 0 fully saturated rings. The first-order valence-electron chi connectivity index (χ1n) is 8.89. The number of halogens is 6. The molecular formula is C14H30F6O2Si3. The molecule has 0 bridgehead atoms. The molecule has 152 valence electrons. The Balaban J connectivity index is 5.55. The smallest absolute Gasteiger partial charge is 0.389 e. The van der Waals surface area contributed by atoms with Gasteiger partial charge in [0, 0.05) is 12.8 Å². The van der Waals surface area contributed by atoms with Crippen molar-refractivity contribution in [3.8, 4) is 0 Å². The Labute approximate surface area is 151 Å². The molecule has 0 rings (SSSR count). The molecular weight excluding hydrogens is 398 g/mol. The molecule has 0 aliphatic heterocycles. The van der Waals surface area contributed by atoms with Gasteiger partial charge in [-0.1, -0.05) is 27.7 Å². The fourth-order valence-electron chi connectivity index (χ4n) is 2.57. The summed E-state index contributed by atoms with van der Waals surface area (Å²) >= 11 is 0. The number of hydrogen-bond donors (Lipinski definition) is 0. The molecule has 0 aromatic heterocycles. The zero-order valence-electron chi connectivity index (χ0n) is 15.4. The van der Waals surface area contributed by atoms with Crippen molar-refractivity contribution < 1.29 is 34.6 Å². The molecule has 0 N–H and O–H groups in total. The highest BCUT2D eigenvalue weighted by molar-refractivity contribution is 6.80. The van der Waals surface area contributed by atoms with Gasteiger partial charge in [-0.25, -0.2) is 0 Å². The van der Waals surface area contributed by atoms with Crippen LogP contribution < -0.4 is 0 Å². The molecule has 25 heavy (non-hydrogen) atoms. The average Bonchev–Trinajstić information content (AvgIpc) is 2.52. The van der Waals surface area contributed by atoms with Crippen LogP contribution in [0.4, 0.5) is 26.3 Å². The van der Waals surface area contributed by atoms with Gasteiger partial charge in [0.15, 0.2) is 18.1 Å². The van der Waals surface area contributed by atoms with Gasteiger partial charge in [-0.2, -0.15) is 26.3 Å². The van der Waals surface area contributed by atoms with Crippen molar-refractivity contribution in [2.24, 2.45) is 0 Å². The van der Waals surface area contributed by atoms with Crippen LogP contribution in [0.5, 0.6) is 0 Å². The van der Waals surface area contributed by atoms with Gasteiger partial charge in [-0.3, -0.25) is 0 Å². The maximum atomic E-state index is 12.8. The lowest BCUT2D eigenvalue weighted by Gasteiger charge is -2.38. The fourth-order valence-corrected chi connectivity index (χ4v) is 15.4. The first-order chi connectivity index (χ1) is 11.4. The Kier molecular flexibility index (Phi) is 11.2. The summed E-state index contributed by atoms with van der Waals surface area (Å²) in [6, 6.07) is 1.85. The standard InChI is InChI=1S/C14H30F6O2Si3/c1-5-23(6-2)21-25(11-9-13(15,16)17,12-10-14(18,19)20)22-24(7-3)8-4/h23-24H,5-12H2,1-4H3. The van der Waals surface area contributed by atoms with Gasteiger partial charge in [0.25, 0.3) is 0 Å². The maximum Gasteiger partial charge on any atom is 0.389 e. The molecule has 0 spiro atoms. The molecule has 0 unspecified atom stereocenters. The van der Waals surface area contributed by atoms with Crippen molar-refractivity contribution in [2.45, 2.75) is 89.2 Å². The van der Waals surface area contributed by atoms with Gasteiger partial charge in [-0.15, -0.1) is 0 Å². The van der Waals surface area contributed by atoms with E-state index in [0.29, 0.717) is 24.2 Å². The van der Waals surface area contributed by atoms with Gasteiger partial charge < -0.3 is 8.23 Å². The van der Waals surface area contributed by atoms with E-state index in [4.69, 9.17) is 8.23 Å². The monoisotopic (exact) mass is 428 g/mol. The normalized spacial score (nSPS) is 13.9. The predicted octanol–water partition coefficient (Wildman–Crippen LogP) is 5.89. The third kappa shape index (κ3) is 11.5. The molecule has 0 saturated heterocycles. The summed E-state index contributed by atoms with van der Waals surface area (Å²) in [4.78, 5) is 0. The van der Waals surface area contributed by atoms with E-state index in [0.717, 1.165) is 0 Å². The van der Waals surface area contributed by atoms with Gasteiger partial charge >= 0.3 is 20.9 Å². The average molecular weight is 429 g/mol. The highest BCUT2D eigenvalue weighted by Gasteiger charge is 2.46. The Bertz CT molecular complexity index is 323. The van der Waals surface area contributed by atoms with E-state index in [2.05, 4.69) is 0 Å². The van der Waals surface area contributed by atoms with Gasteiger partial charge in [0.2, 0.25) is 0 Å². The Morgan fingerprint density at radius 1 is 0.640 bits per heavy atom. The summed E-state index contributed by atoms with van der Waals surface area (Å²) in [6.45, 7) is 7.51. The van der Waals surface area contributed by atoms with Crippen LogP contribution in [0.15, 0.2) is 0 Å². The maximum absolute atomic E-state index is 12.8. The number of alkyl halides is 6. The number of hydrogen-bond acceptors (Lipinski definition) is 2. The van der Waals surface area contributed by atoms with Crippen LogP contribution in [-0.4, -0.2) is 39.0 Å². The van der Waals surface area contributed by atoms with E-state index in [1.807, 2.05) is 27.7 Å². The largest absolute Gasteiger partial charge is 0.439 e. The topological polar surface area (TPSA) is 18.5 Å². The lowest BCUT2D eigenvalue weighted by Crippen LogP contribution is -2.51. The summed E-state index contributed by atoms with van der Waals surface area (Å²) < 4.78 is 88.7. The van der Waals surface area contributed by atoms with E-state index in [1.165, 1.54) is 0 Å². The van der Waals surface area contributed by atoms with Crippen molar-refractivity contribution in [2.75, 3.05) is 0 Å². The Morgan fingerprint density at radius 2 is 0.920 bits per heavy atom. The molecule has 0 heterocycles. The molecule has 0 saturated carbocycles. The first-order valence-corrected chi connectivity index (χ1v) is 15.3. The molecule has 0 aromatic carbocycles. The Hall–Kier alpha value is 0.151. The summed E-state index contributed by atoms with van der Waals surface area (Å²) in [7, 11) is -7.23. The van der Waals surface area contributed by atoms with Crippen LogP contribution in [0.1, 0.15) is 40.5 Å². The summed E-state index contributed by atoms with van der Waals surface area (Å²) in [6.07, 6.45) is -11.1. The lowest BCUT2D eigenvalue weighted by molar-refractivity contribution is -0.133. The van der Waals surface area contributed by atoms with Crippen LogP contribution in [-0.2, 0) is 8.23 Å². The van der Waals surface area contributed by atoms with Gasteiger partial charge in [0.05, 0.1) is 0 Å². The second kappa shape index (κ2) is 11.1. The summed E-state index contributed by atoms with van der Waals surface area (Å²) in [5, 5.41) is 0. The molecule has 0 amide bonds.